The van der Waals surface area contributed by atoms with Crippen LogP contribution in [0, 0.1) is 11.3 Å². The lowest BCUT2D eigenvalue weighted by Crippen LogP contribution is -2.35. The topological polar surface area (TPSA) is 95.7 Å². The van der Waals surface area contributed by atoms with E-state index in [0.29, 0.717) is 12.2 Å². The number of aromatic nitrogens is 2. The van der Waals surface area contributed by atoms with Crippen molar-refractivity contribution < 1.29 is 8.42 Å². The van der Waals surface area contributed by atoms with Crippen molar-refractivity contribution >= 4 is 27.3 Å². The normalized spacial score (nSPS) is 22.1. The summed E-state index contributed by atoms with van der Waals surface area (Å²) in [5.41, 5.74) is 0.0542. The van der Waals surface area contributed by atoms with E-state index >= 15 is 0 Å². The number of hydrogen-bond acceptors (Lipinski definition) is 6. The molecule has 0 amide bonds. The van der Waals surface area contributed by atoms with E-state index in [1.807, 2.05) is 6.07 Å². The van der Waals surface area contributed by atoms with Crippen LogP contribution in [0.25, 0.3) is 0 Å². The average molecular weight is 287 g/mol. The second-order valence-electron chi connectivity index (χ2n) is 4.10. The Morgan fingerprint density at radius 2 is 2.33 bits per heavy atom. The molecule has 1 aliphatic heterocycles. The van der Waals surface area contributed by atoms with Crippen LogP contribution in [0.5, 0.6) is 0 Å². The van der Waals surface area contributed by atoms with Gasteiger partial charge in [0.05, 0.1) is 17.7 Å². The molecule has 1 aromatic rings. The maximum Gasteiger partial charge on any atom is 0.178 e. The van der Waals surface area contributed by atoms with Gasteiger partial charge in [-0.2, -0.15) is 5.26 Å². The smallest absolute Gasteiger partial charge is 0.178 e. The Morgan fingerprint density at radius 3 is 2.94 bits per heavy atom. The number of hydrogen-bond donors (Lipinski definition) is 1. The zero-order valence-corrected chi connectivity index (χ0v) is 11.0. The fraction of sp³-hybridized carbons (Fsp3) is 0.500. The number of nitrogens with zero attached hydrogens (tertiary/aromatic N) is 3. The second-order valence-corrected chi connectivity index (χ2v) is 6.69. The van der Waals surface area contributed by atoms with Gasteiger partial charge in [0.25, 0.3) is 0 Å². The first-order valence-electron chi connectivity index (χ1n) is 5.40. The van der Waals surface area contributed by atoms with Gasteiger partial charge < -0.3 is 5.32 Å². The van der Waals surface area contributed by atoms with Crippen molar-refractivity contribution in [2.24, 2.45) is 0 Å². The lowest BCUT2D eigenvalue weighted by molar-refractivity contribution is 0.561. The monoisotopic (exact) mass is 286 g/mol. The van der Waals surface area contributed by atoms with Gasteiger partial charge in [0.15, 0.2) is 20.7 Å². The summed E-state index contributed by atoms with van der Waals surface area (Å²) in [5.74, 6) is 0.721. The molecule has 1 aromatic heterocycles. The Kier molecular flexibility index (Phi) is 3.68. The molecule has 1 N–H and O–H groups in total. The quantitative estimate of drug-likeness (QED) is 0.871. The molecule has 0 radical (unpaired) electrons. The molecule has 1 atom stereocenters. The lowest BCUT2D eigenvalue weighted by atomic mass is 10.2. The van der Waals surface area contributed by atoms with E-state index < -0.39 is 9.84 Å². The summed E-state index contributed by atoms with van der Waals surface area (Å²) in [4.78, 5) is 7.79. The largest absolute Gasteiger partial charge is 0.365 e. The predicted molar refractivity (Wildman–Crippen MR) is 67.1 cm³/mol. The molecule has 0 spiro atoms. The molecule has 8 heteroatoms. The molecule has 2 heterocycles. The van der Waals surface area contributed by atoms with E-state index in [1.165, 1.54) is 6.20 Å². The summed E-state index contributed by atoms with van der Waals surface area (Å²) < 4.78 is 22.9. The highest BCUT2D eigenvalue weighted by Gasteiger charge is 2.25. The molecule has 1 aliphatic rings. The Bertz CT molecular complexity index is 596. The molecule has 96 valence electrons. The van der Waals surface area contributed by atoms with E-state index in [-0.39, 0.29) is 28.4 Å². The number of sulfone groups is 1. The van der Waals surface area contributed by atoms with Crippen LogP contribution < -0.4 is 5.32 Å². The van der Waals surface area contributed by atoms with Gasteiger partial charge in [0, 0.05) is 6.04 Å². The molecule has 0 bridgehead atoms. The van der Waals surface area contributed by atoms with Gasteiger partial charge in [-0.25, -0.2) is 18.4 Å². The van der Waals surface area contributed by atoms with Gasteiger partial charge in [-0.1, -0.05) is 11.6 Å². The number of rotatable bonds is 2. The third-order valence-corrected chi connectivity index (χ3v) is 4.74. The van der Waals surface area contributed by atoms with Crippen molar-refractivity contribution in [3.63, 3.8) is 0 Å². The lowest BCUT2D eigenvalue weighted by Gasteiger charge is -2.23. The van der Waals surface area contributed by atoms with Gasteiger partial charge in [-0.15, -0.1) is 0 Å². The van der Waals surface area contributed by atoms with Crippen LogP contribution in [0.15, 0.2) is 6.20 Å². The summed E-state index contributed by atoms with van der Waals surface area (Å²) in [7, 11) is -2.97. The van der Waals surface area contributed by atoms with Crippen LogP contribution >= 0.6 is 11.6 Å². The fourth-order valence-electron chi connectivity index (χ4n) is 1.86. The molecule has 1 unspecified atom stereocenters. The third kappa shape index (κ3) is 3.09. The highest BCUT2D eigenvalue weighted by Crippen LogP contribution is 2.18. The van der Waals surface area contributed by atoms with Crippen molar-refractivity contribution in [2.75, 3.05) is 16.8 Å². The van der Waals surface area contributed by atoms with E-state index in [2.05, 4.69) is 15.3 Å². The highest BCUT2D eigenvalue weighted by molar-refractivity contribution is 7.91. The molecule has 2 rings (SSSR count). The van der Waals surface area contributed by atoms with Crippen molar-refractivity contribution in [3.8, 4) is 6.07 Å². The van der Waals surface area contributed by atoms with E-state index in [0.717, 1.165) is 6.42 Å². The first kappa shape index (κ1) is 13.1. The zero-order valence-electron chi connectivity index (χ0n) is 9.43. The van der Waals surface area contributed by atoms with Gasteiger partial charge >= 0.3 is 0 Å². The minimum atomic E-state index is -2.97. The van der Waals surface area contributed by atoms with Crippen molar-refractivity contribution in [2.45, 2.75) is 18.9 Å². The fourth-order valence-corrected chi connectivity index (χ4v) is 3.68. The summed E-state index contributed by atoms with van der Waals surface area (Å²) in [6.45, 7) is 0. The van der Waals surface area contributed by atoms with Crippen molar-refractivity contribution in [1.82, 2.24) is 9.97 Å². The maximum atomic E-state index is 11.5. The summed E-state index contributed by atoms with van der Waals surface area (Å²) in [6, 6.07) is 1.63. The van der Waals surface area contributed by atoms with E-state index in [4.69, 9.17) is 16.9 Å². The van der Waals surface area contributed by atoms with Gasteiger partial charge in [-0.05, 0) is 12.8 Å². The van der Waals surface area contributed by atoms with Crippen LogP contribution in [0.4, 0.5) is 5.82 Å². The second kappa shape index (κ2) is 5.08. The SMILES string of the molecule is N#Cc1ncc(NC2CCCS(=O)(=O)C2)nc1Cl. The van der Waals surface area contributed by atoms with Gasteiger partial charge in [0.2, 0.25) is 0 Å². The molecule has 1 saturated heterocycles. The van der Waals surface area contributed by atoms with Crippen LogP contribution in [0.3, 0.4) is 0 Å². The first-order chi connectivity index (χ1) is 8.50. The number of anilines is 1. The maximum absolute atomic E-state index is 11.5. The summed E-state index contributed by atoms with van der Waals surface area (Å²) in [6.07, 6.45) is 2.78. The van der Waals surface area contributed by atoms with Crippen LogP contribution in [-0.2, 0) is 9.84 Å². The molecular weight excluding hydrogens is 276 g/mol. The third-order valence-electron chi connectivity index (χ3n) is 2.65. The van der Waals surface area contributed by atoms with E-state index in [1.54, 1.807) is 0 Å². The Hall–Kier alpha value is -1.39. The minimum absolute atomic E-state index is 0.0150. The summed E-state index contributed by atoms with van der Waals surface area (Å²) >= 11 is 5.75. The molecule has 6 nitrogen and oxygen atoms in total. The number of nitrogens with one attached hydrogen (secondary N) is 1. The average Bonchev–Trinajstić information content (AvgIpc) is 2.28. The number of halogens is 1. The predicted octanol–water partition coefficient (Wildman–Crippen LogP) is 0.991. The Morgan fingerprint density at radius 1 is 1.56 bits per heavy atom. The molecule has 1 fully saturated rings. The number of nitriles is 1. The van der Waals surface area contributed by atoms with Gasteiger partial charge in [0.1, 0.15) is 11.9 Å². The van der Waals surface area contributed by atoms with Crippen molar-refractivity contribution in [1.29, 1.82) is 5.26 Å². The standard InChI is InChI=1S/C10H11ClN4O2S/c11-10-8(4-12)13-5-9(15-10)14-7-2-1-3-18(16,17)6-7/h5,7H,1-3,6H2,(H,14,15). The van der Waals surface area contributed by atoms with Crippen LogP contribution in [0.2, 0.25) is 5.15 Å². The van der Waals surface area contributed by atoms with Crippen LogP contribution in [-0.4, -0.2) is 35.9 Å². The molecule has 0 saturated carbocycles. The molecular formula is C10H11ClN4O2S. The first-order valence-corrected chi connectivity index (χ1v) is 7.60. The molecule has 0 aliphatic carbocycles. The van der Waals surface area contributed by atoms with Crippen molar-refractivity contribution in [3.05, 3.63) is 17.0 Å². The zero-order chi connectivity index (χ0) is 13.2. The minimum Gasteiger partial charge on any atom is -0.365 e. The molecule has 0 aromatic carbocycles. The van der Waals surface area contributed by atoms with E-state index in [9.17, 15) is 8.42 Å². The highest BCUT2D eigenvalue weighted by atomic mass is 35.5. The Balaban J connectivity index is 2.10. The molecule has 18 heavy (non-hydrogen) atoms. The van der Waals surface area contributed by atoms with Crippen LogP contribution in [0.1, 0.15) is 18.5 Å². The van der Waals surface area contributed by atoms with Gasteiger partial charge in [-0.3, -0.25) is 0 Å². The Labute approximate surface area is 110 Å². The summed E-state index contributed by atoms with van der Waals surface area (Å²) in [5, 5.41) is 11.7.